The van der Waals surface area contributed by atoms with Crippen molar-refractivity contribution < 1.29 is 13.9 Å². The molecule has 0 aliphatic rings. The van der Waals surface area contributed by atoms with Crippen molar-refractivity contribution in [2.45, 2.75) is 13.3 Å². The molecule has 0 unspecified atom stereocenters. The molecule has 0 aliphatic heterocycles. The number of nitrogens with zero attached hydrogens (tertiary/aromatic N) is 1. The molecule has 2 aromatic rings. The first-order chi connectivity index (χ1) is 8.51. The van der Waals surface area contributed by atoms with E-state index in [9.17, 15) is 9.18 Å². The fourth-order valence-electron chi connectivity index (χ4n) is 1.80. The number of aryl methyl sites for hydroxylation is 1. The lowest BCUT2D eigenvalue weighted by molar-refractivity contribution is -0.139. The Labute approximate surface area is 105 Å². The summed E-state index contributed by atoms with van der Waals surface area (Å²) >= 11 is 0. The van der Waals surface area contributed by atoms with Crippen LogP contribution in [0.5, 0.6) is 0 Å². The van der Waals surface area contributed by atoms with Crippen molar-refractivity contribution in [1.29, 1.82) is 0 Å². The highest BCUT2D eigenvalue weighted by Gasteiger charge is 2.11. The molecule has 0 saturated heterocycles. The van der Waals surface area contributed by atoms with Crippen LogP contribution in [0.15, 0.2) is 18.2 Å². The number of methoxy groups -OCH3 is 1. The second-order valence-corrected chi connectivity index (χ2v) is 4.06. The van der Waals surface area contributed by atoms with Crippen LogP contribution >= 0.6 is 0 Å². The van der Waals surface area contributed by atoms with E-state index in [-0.39, 0.29) is 12.4 Å². The summed E-state index contributed by atoms with van der Waals surface area (Å²) in [7, 11) is 6.87. The average molecular weight is 243 g/mol. The van der Waals surface area contributed by atoms with Crippen LogP contribution in [-0.4, -0.2) is 25.9 Å². The maximum absolute atomic E-state index is 13.7. The topological polar surface area (TPSA) is 39.2 Å². The normalized spacial score (nSPS) is 10.6. The zero-order valence-corrected chi connectivity index (χ0v) is 10.2. The van der Waals surface area contributed by atoms with E-state index >= 15 is 0 Å². The molecule has 0 amide bonds. The molecule has 0 fully saturated rings. The largest absolute Gasteiger partial charge is 0.469 e. The molecule has 90 valence electrons. The first-order valence-electron chi connectivity index (χ1n) is 5.43. The van der Waals surface area contributed by atoms with Crippen molar-refractivity contribution in [3.63, 3.8) is 0 Å². The fourth-order valence-corrected chi connectivity index (χ4v) is 1.80. The minimum absolute atomic E-state index is 0.0785. The van der Waals surface area contributed by atoms with Gasteiger partial charge < -0.3 is 4.74 Å². The number of hydrogen-bond acceptors (Lipinski definition) is 3. The van der Waals surface area contributed by atoms with E-state index in [1.54, 1.807) is 19.1 Å². The van der Waals surface area contributed by atoms with Gasteiger partial charge in [-0.2, -0.15) is 0 Å². The maximum atomic E-state index is 13.7. The van der Waals surface area contributed by atoms with Gasteiger partial charge in [-0.05, 0) is 30.7 Å². The second kappa shape index (κ2) is 4.76. The minimum Gasteiger partial charge on any atom is -0.469 e. The van der Waals surface area contributed by atoms with Gasteiger partial charge in [0.2, 0.25) is 0 Å². The summed E-state index contributed by atoms with van der Waals surface area (Å²) in [6.07, 6.45) is 0.0785. The van der Waals surface area contributed by atoms with E-state index in [0.29, 0.717) is 27.6 Å². The third-order valence-corrected chi connectivity index (χ3v) is 2.76. The number of pyridine rings is 1. The van der Waals surface area contributed by atoms with Gasteiger partial charge >= 0.3 is 5.97 Å². The van der Waals surface area contributed by atoms with Gasteiger partial charge in [0.25, 0.3) is 0 Å². The summed E-state index contributed by atoms with van der Waals surface area (Å²) in [5, 5.41) is 0.355. The molecule has 0 atom stereocenters. The molecule has 5 heteroatoms. The Hall–Kier alpha value is -1.91. The summed E-state index contributed by atoms with van der Waals surface area (Å²) in [4.78, 5) is 15.5. The van der Waals surface area contributed by atoms with Crippen molar-refractivity contribution in [1.82, 2.24) is 4.98 Å². The van der Waals surface area contributed by atoms with Gasteiger partial charge in [-0.1, -0.05) is 5.46 Å². The van der Waals surface area contributed by atoms with Crippen molar-refractivity contribution >= 4 is 30.2 Å². The predicted molar refractivity (Wildman–Crippen MR) is 67.5 cm³/mol. The van der Waals surface area contributed by atoms with Crippen LogP contribution in [0, 0.1) is 12.7 Å². The SMILES string of the molecule is [B]c1cc(F)c2cc(CC(=O)OC)c(C)nc2c1. The van der Waals surface area contributed by atoms with Crippen molar-refractivity contribution in [3.8, 4) is 0 Å². The van der Waals surface area contributed by atoms with Crippen LogP contribution in [0.4, 0.5) is 4.39 Å². The van der Waals surface area contributed by atoms with Crippen LogP contribution in [0.2, 0.25) is 0 Å². The number of esters is 1. The summed E-state index contributed by atoms with van der Waals surface area (Å²) in [5.41, 5.74) is 2.13. The number of fused-ring (bicyclic) bond motifs is 1. The average Bonchev–Trinajstić information content (AvgIpc) is 2.30. The van der Waals surface area contributed by atoms with Crippen molar-refractivity contribution in [2.24, 2.45) is 0 Å². The maximum Gasteiger partial charge on any atom is 0.310 e. The fraction of sp³-hybridized carbons (Fsp3) is 0.231. The lowest BCUT2D eigenvalue weighted by Crippen LogP contribution is -2.09. The number of halogens is 1. The molecule has 2 rings (SSSR count). The summed E-state index contributed by atoms with van der Waals surface area (Å²) in [6, 6.07) is 4.46. The summed E-state index contributed by atoms with van der Waals surface area (Å²) in [6.45, 7) is 1.76. The number of rotatable bonds is 2. The molecule has 3 nitrogen and oxygen atoms in total. The molecule has 0 aliphatic carbocycles. The lowest BCUT2D eigenvalue weighted by atomic mass is 9.94. The lowest BCUT2D eigenvalue weighted by Gasteiger charge is -2.08. The molecular formula is C13H11BFNO2. The number of aromatic nitrogens is 1. The molecule has 0 spiro atoms. The summed E-state index contributed by atoms with van der Waals surface area (Å²) < 4.78 is 18.3. The number of carbonyl (C=O) groups is 1. The van der Waals surface area contributed by atoms with Gasteiger partial charge in [0.1, 0.15) is 13.7 Å². The van der Waals surface area contributed by atoms with Gasteiger partial charge in [-0.25, -0.2) is 4.39 Å². The predicted octanol–water partition coefficient (Wildman–Crippen LogP) is 1.19. The van der Waals surface area contributed by atoms with E-state index in [1.165, 1.54) is 13.2 Å². The zero-order chi connectivity index (χ0) is 13.3. The highest BCUT2D eigenvalue weighted by atomic mass is 19.1. The van der Waals surface area contributed by atoms with E-state index in [2.05, 4.69) is 9.72 Å². The standard InChI is InChI=1S/C13H11BFNO2/c1-7-8(4-13(17)18-2)3-10-11(15)5-9(14)6-12(10)16-7/h3,5-6H,4H2,1-2H3. The molecule has 0 bridgehead atoms. The first-order valence-corrected chi connectivity index (χ1v) is 5.43. The quantitative estimate of drug-likeness (QED) is 0.587. The Morgan fingerprint density at radius 2 is 2.17 bits per heavy atom. The van der Waals surface area contributed by atoms with Gasteiger partial charge in [-0.3, -0.25) is 9.78 Å². The molecule has 2 radical (unpaired) electrons. The molecule has 18 heavy (non-hydrogen) atoms. The van der Waals surface area contributed by atoms with Crippen molar-refractivity contribution in [2.75, 3.05) is 7.11 Å². The number of ether oxygens (including phenoxy) is 1. The Kier molecular flexibility index (Phi) is 3.32. The van der Waals surface area contributed by atoms with Gasteiger partial charge in [0.15, 0.2) is 0 Å². The van der Waals surface area contributed by atoms with Gasteiger partial charge in [0.05, 0.1) is 19.0 Å². The Balaban J connectivity index is 2.57. The molecule has 0 N–H and O–H groups in total. The van der Waals surface area contributed by atoms with Crippen LogP contribution < -0.4 is 5.46 Å². The van der Waals surface area contributed by atoms with Crippen LogP contribution in [0.3, 0.4) is 0 Å². The van der Waals surface area contributed by atoms with E-state index in [1.807, 2.05) is 0 Å². The minimum atomic E-state index is -0.441. The smallest absolute Gasteiger partial charge is 0.310 e. The number of hydrogen-bond donors (Lipinski definition) is 0. The van der Waals surface area contributed by atoms with Gasteiger partial charge in [0, 0.05) is 11.1 Å². The number of benzene rings is 1. The van der Waals surface area contributed by atoms with Gasteiger partial charge in [-0.15, -0.1) is 0 Å². The first kappa shape index (κ1) is 12.5. The highest BCUT2D eigenvalue weighted by molar-refractivity contribution is 6.33. The van der Waals surface area contributed by atoms with Crippen LogP contribution in [0.25, 0.3) is 10.9 Å². The van der Waals surface area contributed by atoms with E-state index in [0.717, 1.165) is 0 Å². The third kappa shape index (κ3) is 2.35. The van der Waals surface area contributed by atoms with E-state index in [4.69, 9.17) is 7.85 Å². The highest BCUT2D eigenvalue weighted by Crippen LogP contribution is 2.19. The Morgan fingerprint density at radius 3 is 2.83 bits per heavy atom. The molecule has 1 aromatic heterocycles. The second-order valence-electron chi connectivity index (χ2n) is 4.06. The molecule has 1 heterocycles. The monoisotopic (exact) mass is 243 g/mol. The Bertz CT molecular complexity index is 628. The summed E-state index contributed by atoms with van der Waals surface area (Å²) in [5.74, 6) is -0.821. The Morgan fingerprint density at radius 1 is 1.44 bits per heavy atom. The zero-order valence-electron chi connectivity index (χ0n) is 10.2. The van der Waals surface area contributed by atoms with E-state index < -0.39 is 5.82 Å². The molecule has 1 aromatic carbocycles. The van der Waals surface area contributed by atoms with Crippen LogP contribution in [-0.2, 0) is 16.0 Å². The molecular weight excluding hydrogens is 232 g/mol. The van der Waals surface area contributed by atoms with Crippen molar-refractivity contribution in [3.05, 3.63) is 35.3 Å². The number of carbonyl (C=O) groups excluding carboxylic acids is 1. The third-order valence-electron chi connectivity index (χ3n) is 2.76. The van der Waals surface area contributed by atoms with Crippen LogP contribution in [0.1, 0.15) is 11.3 Å². The molecule has 0 saturated carbocycles.